The van der Waals surface area contributed by atoms with E-state index >= 15 is 0 Å². The van der Waals surface area contributed by atoms with E-state index < -0.39 is 4.92 Å². The summed E-state index contributed by atoms with van der Waals surface area (Å²) in [7, 11) is 0. The van der Waals surface area contributed by atoms with E-state index in [0.29, 0.717) is 33.8 Å². The Morgan fingerprint density at radius 3 is 2.62 bits per heavy atom. The van der Waals surface area contributed by atoms with Crippen LogP contribution in [0.2, 0.25) is 0 Å². The number of pyridine rings is 1. The maximum Gasteiger partial charge on any atom is 0.270 e. The number of para-hydroxylation sites is 1. The number of ether oxygens (including phenoxy) is 1. The highest BCUT2D eigenvalue weighted by molar-refractivity contribution is 5.73. The predicted molar refractivity (Wildman–Crippen MR) is 95.1 cm³/mol. The van der Waals surface area contributed by atoms with Crippen molar-refractivity contribution in [2.24, 2.45) is 0 Å². The fraction of sp³-hybridized carbons (Fsp3) is 0.0526. The van der Waals surface area contributed by atoms with E-state index in [4.69, 9.17) is 4.74 Å². The van der Waals surface area contributed by atoms with Gasteiger partial charge in [0.1, 0.15) is 17.6 Å². The standard InChI is InChI=1S/C19H13N3O4/c1-12-8-14(11-21-19(12)23)16-9-15(22(24)25)6-7-18(16)26-17-5-3-2-4-13(17)10-20/h2-9,11H,1H3,(H,21,23). The van der Waals surface area contributed by atoms with Crippen molar-refractivity contribution in [3.8, 4) is 28.7 Å². The van der Waals surface area contributed by atoms with Gasteiger partial charge in [0, 0.05) is 35.0 Å². The molecular weight excluding hydrogens is 334 g/mol. The lowest BCUT2D eigenvalue weighted by atomic mass is 10.0. The summed E-state index contributed by atoms with van der Waals surface area (Å²) in [6, 6.07) is 14.5. The van der Waals surface area contributed by atoms with Crippen LogP contribution in [0, 0.1) is 28.4 Å². The minimum atomic E-state index is -0.505. The Bertz CT molecular complexity index is 1100. The number of H-pyrrole nitrogens is 1. The normalized spacial score (nSPS) is 10.2. The third-order valence-corrected chi connectivity index (χ3v) is 3.80. The first-order chi connectivity index (χ1) is 12.5. The van der Waals surface area contributed by atoms with Gasteiger partial charge < -0.3 is 9.72 Å². The van der Waals surface area contributed by atoms with E-state index in [1.54, 1.807) is 37.3 Å². The number of aryl methyl sites for hydroxylation is 1. The van der Waals surface area contributed by atoms with Crippen LogP contribution in [-0.2, 0) is 0 Å². The molecule has 26 heavy (non-hydrogen) atoms. The molecule has 1 N–H and O–H groups in total. The predicted octanol–water partition coefficient (Wildman–Crippen LogP) is 3.92. The number of aromatic amines is 1. The van der Waals surface area contributed by atoms with Gasteiger partial charge in [0.05, 0.1) is 10.5 Å². The first-order valence-corrected chi connectivity index (χ1v) is 7.64. The van der Waals surface area contributed by atoms with Crippen LogP contribution >= 0.6 is 0 Å². The molecule has 3 aromatic rings. The van der Waals surface area contributed by atoms with Gasteiger partial charge in [-0.25, -0.2) is 0 Å². The molecule has 3 rings (SSSR count). The van der Waals surface area contributed by atoms with Crippen molar-refractivity contribution >= 4 is 5.69 Å². The molecular formula is C19H13N3O4. The molecule has 7 nitrogen and oxygen atoms in total. The van der Waals surface area contributed by atoms with Crippen molar-refractivity contribution in [2.45, 2.75) is 6.92 Å². The van der Waals surface area contributed by atoms with Crippen LogP contribution in [0.3, 0.4) is 0 Å². The molecule has 7 heteroatoms. The molecule has 0 aliphatic heterocycles. The van der Waals surface area contributed by atoms with Gasteiger partial charge in [0.2, 0.25) is 0 Å². The van der Waals surface area contributed by atoms with E-state index in [0.717, 1.165) is 0 Å². The Morgan fingerprint density at radius 2 is 1.92 bits per heavy atom. The third kappa shape index (κ3) is 3.30. The minimum Gasteiger partial charge on any atom is -0.455 e. The summed E-state index contributed by atoms with van der Waals surface area (Å²) in [6.07, 6.45) is 1.47. The molecule has 0 fully saturated rings. The van der Waals surface area contributed by atoms with Crippen LogP contribution in [0.5, 0.6) is 11.5 Å². The summed E-state index contributed by atoms with van der Waals surface area (Å²) in [4.78, 5) is 24.8. The van der Waals surface area contributed by atoms with Crippen molar-refractivity contribution in [1.82, 2.24) is 4.98 Å². The van der Waals surface area contributed by atoms with Crippen molar-refractivity contribution in [3.63, 3.8) is 0 Å². The number of nitrogens with one attached hydrogen (secondary N) is 1. The Hall–Kier alpha value is -3.92. The van der Waals surface area contributed by atoms with Crippen LogP contribution in [0.25, 0.3) is 11.1 Å². The van der Waals surface area contributed by atoms with Crippen LogP contribution in [0.1, 0.15) is 11.1 Å². The van der Waals surface area contributed by atoms with Crippen molar-refractivity contribution < 1.29 is 9.66 Å². The second kappa shape index (κ2) is 6.91. The van der Waals surface area contributed by atoms with Crippen LogP contribution in [0.15, 0.2) is 59.5 Å². The molecule has 2 aromatic carbocycles. The molecule has 1 aromatic heterocycles. The van der Waals surface area contributed by atoms with E-state index in [9.17, 15) is 20.2 Å². The van der Waals surface area contributed by atoms with Crippen molar-refractivity contribution in [3.05, 3.63) is 86.3 Å². The number of nitro benzene ring substituents is 1. The topological polar surface area (TPSA) is 109 Å². The van der Waals surface area contributed by atoms with Gasteiger partial charge >= 0.3 is 0 Å². The molecule has 0 bridgehead atoms. The highest BCUT2D eigenvalue weighted by Gasteiger charge is 2.16. The molecule has 128 valence electrons. The summed E-state index contributed by atoms with van der Waals surface area (Å²) >= 11 is 0. The molecule has 0 radical (unpaired) electrons. The lowest BCUT2D eigenvalue weighted by Crippen LogP contribution is -2.08. The molecule has 0 unspecified atom stereocenters. The first-order valence-electron chi connectivity index (χ1n) is 7.64. The monoisotopic (exact) mass is 347 g/mol. The van der Waals surface area contributed by atoms with Crippen LogP contribution in [-0.4, -0.2) is 9.91 Å². The van der Waals surface area contributed by atoms with Crippen LogP contribution in [0.4, 0.5) is 5.69 Å². The maximum absolute atomic E-state index is 11.6. The number of rotatable bonds is 4. The zero-order valence-electron chi connectivity index (χ0n) is 13.7. The molecule has 0 atom stereocenters. The molecule has 0 saturated heterocycles. The number of nitrogens with zero attached hydrogens (tertiary/aromatic N) is 2. The van der Waals surface area contributed by atoms with Crippen LogP contribution < -0.4 is 10.3 Å². The summed E-state index contributed by atoms with van der Waals surface area (Å²) in [5.74, 6) is 0.677. The zero-order valence-corrected chi connectivity index (χ0v) is 13.7. The third-order valence-electron chi connectivity index (χ3n) is 3.80. The SMILES string of the molecule is Cc1cc(-c2cc([N+](=O)[O-])ccc2Oc2ccccc2C#N)c[nH]c1=O. The summed E-state index contributed by atoms with van der Waals surface area (Å²) < 4.78 is 5.85. The van der Waals surface area contributed by atoms with E-state index in [-0.39, 0.29) is 11.2 Å². The summed E-state index contributed by atoms with van der Waals surface area (Å²) in [5.41, 5.74) is 1.47. The highest BCUT2D eigenvalue weighted by atomic mass is 16.6. The molecule has 0 saturated carbocycles. The van der Waals surface area contributed by atoms with Gasteiger partial charge in [-0.05, 0) is 31.2 Å². The lowest BCUT2D eigenvalue weighted by Gasteiger charge is -2.12. The number of hydrogen-bond acceptors (Lipinski definition) is 5. The minimum absolute atomic E-state index is 0.107. The maximum atomic E-state index is 11.6. The fourth-order valence-electron chi connectivity index (χ4n) is 2.47. The highest BCUT2D eigenvalue weighted by Crippen LogP contribution is 2.36. The Labute approximate surface area is 148 Å². The fourth-order valence-corrected chi connectivity index (χ4v) is 2.47. The molecule has 0 aliphatic carbocycles. The number of non-ortho nitro benzene ring substituents is 1. The van der Waals surface area contributed by atoms with E-state index in [1.807, 2.05) is 6.07 Å². The largest absolute Gasteiger partial charge is 0.455 e. The van der Waals surface area contributed by atoms with Crippen molar-refractivity contribution in [2.75, 3.05) is 0 Å². The number of benzene rings is 2. The lowest BCUT2D eigenvalue weighted by molar-refractivity contribution is -0.384. The Kier molecular flexibility index (Phi) is 4.50. The molecule has 0 amide bonds. The quantitative estimate of drug-likeness (QED) is 0.568. The Balaban J connectivity index is 2.16. The van der Waals surface area contributed by atoms with Gasteiger partial charge in [-0.1, -0.05) is 12.1 Å². The first kappa shape index (κ1) is 16.9. The number of hydrogen-bond donors (Lipinski definition) is 1. The average Bonchev–Trinajstić information content (AvgIpc) is 2.64. The Morgan fingerprint density at radius 1 is 1.15 bits per heavy atom. The van der Waals surface area contributed by atoms with Gasteiger partial charge in [0.25, 0.3) is 11.2 Å². The number of nitro groups is 1. The zero-order chi connectivity index (χ0) is 18.7. The number of nitriles is 1. The summed E-state index contributed by atoms with van der Waals surface area (Å²) in [6.45, 7) is 1.64. The second-order valence-electron chi connectivity index (χ2n) is 5.55. The van der Waals surface area contributed by atoms with E-state index in [2.05, 4.69) is 4.98 Å². The van der Waals surface area contributed by atoms with Crippen molar-refractivity contribution in [1.29, 1.82) is 5.26 Å². The van der Waals surface area contributed by atoms with Gasteiger partial charge in [-0.15, -0.1) is 0 Å². The summed E-state index contributed by atoms with van der Waals surface area (Å²) in [5, 5.41) is 20.3. The van der Waals surface area contributed by atoms with Gasteiger partial charge in [-0.2, -0.15) is 5.26 Å². The van der Waals surface area contributed by atoms with Gasteiger partial charge in [0.15, 0.2) is 0 Å². The average molecular weight is 347 g/mol. The van der Waals surface area contributed by atoms with E-state index in [1.165, 1.54) is 24.4 Å². The molecule has 0 aliphatic rings. The smallest absolute Gasteiger partial charge is 0.270 e. The van der Waals surface area contributed by atoms with Gasteiger partial charge in [-0.3, -0.25) is 14.9 Å². The second-order valence-corrected chi connectivity index (χ2v) is 5.55. The molecule has 1 heterocycles. The molecule has 0 spiro atoms. The number of aromatic nitrogens is 1.